The molecule has 1 atom stereocenters. The van der Waals surface area contributed by atoms with Crippen molar-refractivity contribution in [2.75, 3.05) is 6.54 Å². The molecule has 0 radical (unpaired) electrons. The van der Waals surface area contributed by atoms with Gasteiger partial charge in [-0.05, 0) is 53.4 Å². The second kappa shape index (κ2) is 5.88. The quantitative estimate of drug-likeness (QED) is 0.941. The molecule has 6 heteroatoms. The van der Waals surface area contributed by atoms with Crippen LogP contribution < -0.4 is 0 Å². The van der Waals surface area contributed by atoms with E-state index < -0.39 is 11.8 Å². The SMILES string of the molecule is O=C(O)c1ccc(C(=O)N2CCCC2c2ccsc2)c(F)c1. The Morgan fingerprint density at radius 1 is 1.32 bits per heavy atom. The number of halogens is 1. The highest BCUT2D eigenvalue weighted by molar-refractivity contribution is 7.08. The van der Waals surface area contributed by atoms with E-state index in [0.717, 1.165) is 24.5 Å². The maximum Gasteiger partial charge on any atom is 0.335 e. The van der Waals surface area contributed by atoms with Crippen molar-refractivity contribution in [3.8, 4) is 0 Å². The van der Waals surface area contributed by atoms with Gasteiger partial charge >= 0.3 is 5.97 Å². The summed E-state index contributed by atoms with van der Waals surface area (Å²) in [4.78, 5) is 25.1. The number of benzene rings is 1. The first kappa shape index (κ1) is 14.7. The average molecular weight is 319 g/mol. The van der Waals surface area contributed by atoms with Gasteiger partial charge in [0.2, 0.25) is 0 Å². The molecule has 1 aliphatic heterocycles. The number of rotatable bonds is 3. The Balaban J connectivity index is 1.89. The fourth-order valence-electron chi connectivity index (χ4n) is 2.80. The first-order valence-corrected chi connectivity index (χ1v) is 7.88. The fraction of sp³-hybridized carbons (Fsp3) is 0.250. The number of likely N-dealkylation sites (tertiary alicyclic amines) is 1. The molecule has 2 heterocycles. The molecule has 1 aliphatic rings. The third-order valence-corrected chi connectivity index (χ3v) is 4.59. The maximum atomic E-state index is 14.1. The molecular weight excluding hydrogens is 305 g/mol. The Hall–Kier alpha value is -2.21. The van der Waals surface area contributed by atoms with E-state index in [2.05, 4.69) is 0 Å². The number of aromatic carboxylic acids is 1. The Bertz CT molecular complexity index is 714. The number of thiophene rings is 1. The van der Waals surface area contributed by atoms with E-state index in [-0.39, 0.29) is 23.1 Å². The molecule has 3 rings (SSSR count). The van der Waals surface area contributed by atoms with Crippen molar-refractivity contribution in [1.82, 2.24) is 4.90 Å². The first-order valence-electron chi connectivity index (χ1n) is 6.94. The van der Waals surface area contributed by atoms with Crippen molar-refractivity contribution >= 4 is 23.2 Å². The van der Waals surface area contributed by atoms with Crippen molar-refractivity contribution in [3.63, 3.8) is 0 Å². The van der Waals surface area contributed by atoms with Gasteiger partial charge in [-0.3, -0.25) is 4.79 Å². The summed E-state index contributed by atoms with van der Waals surface area (Å²) in [6, 6.07) is 5.35. The predicted octanol–water partition coefficient (Wildman–Crippen LogP) is 3.56. The lowest BCUT2D eigenvalue weighted by molar-refractivity contribution is 0.0690. The summed E-state index contributed by atoms with van der Waals surface area (Å²) < 4.78 is 14.1. The van der Waals surface area contributed by atoms with Gasteiger partial charge in [0, 0.05) is 6.54 Å². The zero-order chi connectivity index (χ0) is 15.7. The van der Waals surface area contributed by atoms with Crippen LogP contribution in [0.4, 0.5) is 4.39 Å². The number of carboxylic acid groups (broad SMARTS) is 1. The molecule has 0 bridgehead atoms. The van der Waals surface area contributed by atoms with Crippen LogP contribution in [0.3, 0.4) is 0 Å². The summed E-state index contributed by atoms with van der Waals surface area (Å²) in [5, 5.41) is 12.8. The number of carbonyl (C=O) groups is 2. The molecule has 1 saturated heterocycles. The molecule has 0 saturated carbocycles. The Labute approximate surface area is 130 Å². The molecule has 4 nitrogen and oxygen atoms in total. The zero-order valence-electron chi connectivity index (χ0n) is 11.7. The Morgan fingerprint density at radius 3 is 2.77 bits per heavy atom. The molecule has 1 amide bonds. The summed E-state index contributed by atoms with van der Waals surface area (Å²) in [7, 11) is 0. The summed E-state index contributed by atoms with van der Waals surface area (Å²) in [5.41, 5.74) is 0.829. The van der Waals surface area contributed by atoms with E-state index in [0.29, 0.717) is 6.54 Å². The standard InChI is InChI=1S/C16H14FNO3S/c17-13-8-10(16(20)21)3-4-12(13)15(19)18-6-1-2-14(18)11-5-7-22-9-11/h3-5,7-9,14H,1-2,6H2,(H,20,21). The van der Waals surface area contributed by atoms with Crippen LogP contribution >= 0.6 is 11.3 Å². The number of hydrogen-bond acceptors (Lipinski definition) is 3. The highest BCUT2D eigenvalue weighted by atomic mass is 32.1. The second-order valence-electron chi connectivity index (χ2n) is 5.21. The lowest BCUT2D eigenvalue weighted by Gasteiger charge is -2.24. The van der Waals surface area contributed by atoms with Crippen molar-refractivity contribution in [3.05, 3.63) is 57.5 Å². The van der Waals surface area contributed by atoms with Gasteiger partial charge in [-0.25, -0.2) is 9.18 Å². The van der Waals surface area contributed by atoms with E-state index in [9.17, 15) is 14.0 Å². The predicted molar refractivity (Wildman–Crippen MR) is 80.7 cm³/mol. The van der Waals surface area contributed by atoms with Crippen molar-refractivity contribution < 1.29 is 19.1 Å². The number of nitrogens with zero attached hydrogens (tertiary/aromatic N) is 1. The molecule has 1 unspecified atom stereocenters. The second-order valence-corrected chi connectivity index (χ2v) is 5.99. The fourth-order valence-corrected chi connectivity index (χ4v) is 3.50. The minimum absolute atomic E-state index is 0.0303. The summed E-state index contributed by atoms with van der Waals surface area (Å²) in [6.07, 6.45) is 1.73. The molecule has 1 aromatic carbocycles. The molecule has 1 fully saturated rings. The summed E-state index contributed by atoms with van der Waals surface area (Å²) in [5.74, 6) is -2.39. The highest BCUT2D eigenvalue weighted by Gasteiger charge is 2.32. The molecule has 2 aromatic rings. The average Bonchev–Trinajstić information content (AvgIpc) is 3.16. The van der Waals surface area contributed by atoms with Crippen LogP contribution in [-0.4, -0.2) is 28.4 Å². The van der Waals surface area contributed by atoms with Gasteiger partial charge in [0.25, 0.3) is 5.91 Å². The highest BCUT2D eigenvalue weighted by Crippen LogP contribution is 2.34. The third-order valence-electron chi connectivity index (χ3n) is 3.89. The van der Waals surface area contributed by atoms with Gasteiger partial charge in [-0.15, -0.1) is 0 Å². The van der Waals surface area contributed by atoms with Crippen LogP contribution in [0.25, 0.3) is 0 Å². The molecule has 114 valence electrons. The van der Waals surface area contributed by atoms with Crippen LogP contribution in [0.2, 0.25) is 0 Å². The van der Waals surface area contributed by atoms with Crippen molar-refractivity contribution in [2.45, 2.75) is 18.9 Å². The minimum atomic E-state index is -1.21. The van der Waals surface area contributed by atoms with Gasteiger partial charge in [-0.1, -0.05) is 0 Å². The Morgan fingerprint density at radius 2 is 2.14 bits per heavy atom. The van der Waals surface area contributed by atoms with E-state index >= 15 is 0 Å². The van der Waals surface area contributed by atoms with E-state index in [1.54, 1.807) is 16.2 Å². The van der Waals surface area contributed by atoms with Gasteiger partial charge in [0.15, 0.2) is 0 Å². The van der Waals surface area contributed by atoms with Gasteiger partial charge < -0.3 is 10.0 Å². The Kier molecular flexibility index (Phi) is 3.94. The van der Waals surface area contributed by atoms with Crippen molar-refractivity contribution in [2.24, 2.45) is 0 Å². The molecule has 0 spiro atoms. The lowest BCUT2D eigenvalue weighted by Crippen LogP contribution is -2.31. The summed E-state index contributed by atoms with van der Waals surface area (Å²) in [6.45, 7) is 0.583. The van der Waals surface area contributed by atoms with Crippen LogP contribution in [0.1, 0.15) is 45.2 Å². The topological polar surface area (TPSA) is 57.6 Å². The van der Waals surface area contributed by atoms with Crippen molar-refractivity contribution in [1.29, 1.82) is 0 Å². The van der Waals surface area contributed by atoms with E-state index in [1.165, 1.54) is 12.1 Å². The number of carbonyl (C=O) groups excluding carboxylic acids is 1. The van der Waals surface area contributed by atoms with Crippen LogP contribution in [0.15, 0.2) is 35.0 Å². The zero-order valence-corrected chi connectivity index (χ0v) is 12.5. The maximum absolute atomic E-state index is 14.1. The van der Waals surface area contributed by atoms with Gasteiger partial charge in [-0.2, -0.15) is 11.3 Å². The summed E-state index contributed by atoms with van der Waals surface area (Å²) >= 11 is 1.57. The van der Waals surface area contributed by atoms with E-state index in [4.69, 9.17) is 5.11 Å². The minimum Gasteiger partial charge on any atom is -0.478 e. The molecular formula is C16H14FNO3S. The molecule has 22 heavy (non-hydrogen) atoms. The number of hydrogen-bond donors (Lipinski definition) is 1. The number of carboxylic acids is 1. The monoisotopic (exact) mass is 319 g/mol. The van der Waals surface area contributed by atoms with Crippen LogP contribution in [0, 0.1) is 5.82 Å². The first-order chi connectivity index (χ1) is 10.6. The normalized spacial score (nSPS) is 17.7. The molecule has 0 aliphatic carbocycles. The van der Waals surface area contributed by atoms with E-state index in [1.807, 2.05) is 16.8 Å². The smallest absolute Gasteiger partial charge is 0.335 e. The third kappa shape index (κ3) is 2.62. The largest absolute Gasteiger partial charge is 0.478 e. The number of amides is 1. The van der Waals surface area contributed by atoms with Crippen LogP contribution in [-0.2, 0) is 0 Å². The molecule has 1 N–H and O–H groups in total. The lowest BCUT2D eigenvalue weighted by atomic mass is 10.1. The van der Waals surface area contributed by atoms with Crippen LogP contribution in [0.5, 0.6) is 0 Å². The molecule has 1 aromatic heterocycles. The van der Waals surface area contributed by atoms with Gasteiger partial charge in [0.05, 0.1) is 17.2 Å². The van der Waals surface area contributed by atoms with Gasteiger partial charge in [0.1, 0.15) is 5.82 Å².